The van der Waals surface area contributed by atoms with Gasteiger partial charge in [-0.3, -0.25) is 4.72 Å². The van der Waals surface area contributed by atoms with Gasteiger partial charge in [0, 0.05) is 12.5 Å². The number of rotatable bonds is 4. The molecule has 1 heterocycles. The van der Waals surface area contributed by atoms with E-state index in [4.69, 9.17) is 4.42 Å². The first kappa shape index (κ1) is 16.2. The Morgan fingerprint density at radius 1 is 1.08 bits per heavy atom. The van der Waals surface area contributed by atoms with Crippen LogP contribution in [-0.4, -0.2) is 13.4 Å². The van der Waals surface area contributed by atoms with Crippen LogP contribution in [0.1, 0.15) is 11.5 Å². The summed E-state index contributed by atoms with van der Waals surface area (Å²) in [7, 11) is -3.80. The molecule has 0 radical (unpaired) electrons. The van der Waals surface area contributed by atoms with Gasteiger partial charge < -0.3 is 4.42 Å². The van der Waals surface area contributed by atoms with Gasteiger partial charge in [0.2, 0.25) is 0 Å². The van der Waals surface area contributed by atoms with Crippen LogP contribution in [0.2, 0.25) is 0 Å². The van der Waals surface area contributed by atoms with Crippen molar-refractivity contribution in [3.05, 3.63) is 66.0 Å². The zero-order valence-electron chi connectivity index (χ0n) is 13.1. The SMILES string of the molecule is Cc1nc(-c2ccc(S(=O)(=O)Nc3ccc(C)c(F)c3)cc2)co1. The molecule has 24 heavy (non-hydrogen) atoms. The number of nitrogens with zero attached hydrogens (tertiary/aromatic N) is 1. The number of hydrogen-bond acceptors (Lipinski definition) is 4. The highest BCUT2D eigenvalue weighted by atomic mass is 32.2. The second-order valence-corrected chi connectivity index (χ2v) is 7.03. The van der Waals surface area contributed by atoms with Crippen LogP contribution < -0.4 is 4.72 Å². The van der Waals surface area contributed by atoms with E-state index in [0.29, 0.717) is 17.1 Å². The number of sulfonamides is 1. The molecule has 3 aromatic rings. The maximum Gasteiger partial charge on any atom is 0.261 e. The monoisotopic (exact) mass is 346 g/mol. The van der Waals surface area contributed by atoms with E-state index >= 15 is 0 Å². The van der Waals surface area contributed by atoms with Gasteiger partial charge in [0.25, 0.3) is 10.0 Å². The van der Waals surface area contributed by atoms with Gasteiger partial charge in [-0.05, 0) is 36.8 Å². The van der Waals surface area contributed by atoms with Gasteiger partial charge in [-0.25, -0.2) is 17.8 Å². The molecule has 3 rings (SSSR count). The Balaban J connectivity index is 1.85. The van der Waals surface area contributed by atoms with Gasteiger partial charge in [0.15, 0.2) is 5.89 Å². The predicted octanol–water partition coefficient (Wildman–Crippen LogP) is 3.90. The molecule has 7 heteroatoms. The van der Waals surface area contributed by atoms with Crippen LogP contribution in [0, 0.1) is 19.7 Å². The fourth-order valence-electron chi connectivity index (χ4n) is 2.17. The average Bonchev–Trinajstić information content (AvgIpc) is 2.97. The standard InChI is InChI=1S/C17H15FN2O3S/c1-11-3-6-14(9-16(11)18)20-24(21,22)15-7-4-13(5-8-15)17-10-23-12(2)19-17/h3-10,20H,1-2H3. The van der Waals surface area contributed by atoms with Crippen LogP contribution >= 0.6 is 0 Å². The van der Waals surface area contributed by atoms with Crippen molar-refractivity contribution in [2.45, 2.75) is 18.7 Å². The van der Waals surface area contributed by atoms with Crippen molar-refractivity contribution in [3.63, 3.8) is 0 Å². The molecule has 0 atom stereocenters. The normalized spacial score (nSPS) is 11.5. The summed E-state index contributed by atoms with van der Waals surface area (Å²) >= 11 is 0. The molecule has 0 fully saturated rings. The highest BCUT2D eigenvalue weighted by Gasteiger charge is 2.15. The maximum absolute atomic E-state index is 13.5. The quantitative estimate of drug-likeness (QED) is 0.778. The molecule has 124 valence electrons. The summed E-state index contributed by atoms with van der Waals surface area (Å²) in [5.41, 5.74) is 2.00. The Hall–Kier alpha value is -2.67. The molecule has 2 aromatic carbocycles. The molecule has 5 nitrogen and oxygen atoms in total. The van der Waals surface area contributed by atoms with E-state index in [1.54, 1.807) is 26.0 Å². The van der Waals surface area contributed by atoms with Crippen LogP contribution in [0.15, 0.2) is 58.0 Å². The lowest BCUT2D eigenvalue weighted by Crippen LogP contribution is -2.13. The second kappa shape index (κ2) is 6.09. The average molecular weight is 346 g/mol. The zero-order valence-corrected chi connectivity index (χ0v) is 13.9. The number of nitrogens with one attached hydrogen (secondary N) is 1. The maximum atomic E-state index is 13.5. The van der Waals surface area contributed by atoms with Gasteiger partial charge >= 0.3 is 0 Å². The Kier molecular flexibility index (Phi) is 4.11. The molecule has 0 aliphatic heterocycles. The smallest absolute Gasteiger partial charge is 0.261 e. The largest absolute Gasteiger partial charge is 0.449 e. The topological polar surface area (TPSA) is 72.2 Å². The van der Waals surface area contributed by atoms with E-state index in [2.05, 4.69) is 9.71 Å². The number of anilines is 1. The number of aromatic nitrogens is 1. The first-order valence-corrected chi connectivity index (χ1v) is 8.65. The summed E-state index contributed by atoms with van der Waals surface area (Å²) in [5.74, 6) is 0.0664. The highest BCUT2D eigenvalue weighted by Crippen LogP contribution is 2.23. The number of oxazole rings is 1. The molecular weight excluding hydrogens is 331 g/mol. The zero-order chi connectivity index (χ0) is 17.3. The van der Waals surface area contributed by atoms with Crippen LogP contribution in [0.5, 0.6) is 0 Å². The molecule has 0 spiro atoms. The van der Waals surface area contributed by atoms with E-state index in [0.717, 1.165) is 11.6 Å². The summed E-state index contributed by atoms with van der Waals surface area (Å²) in [6.45, 7) is 3.34. The van der Waals surface area contributed by atoms with Crippen molar-refractivity contribution >= 4 is 15.7 Å². The van der Waals surface area contributed by atoms with E-state index in [-0.39, 0.29) is 10.6 Å². The number of halogens is 1. The van der Waals surface area contributed by atoms with Crippen molar-refractivity contribution in [1.29, 1.82) is 0 Å². The van der Waals surface area contributed by atoms with Crippen LogP contribution in [0.4, 0.5) is 10.1 Å². The number of aryl methyl sites for hydroxylation is 2. The van der Waals surface area contributed by atoms with Gasteiger partial charge in [-0.15, -0.1) is 0 Å². The molecule has 0 aliphatic rings. The van der Waals surface area contributed by atoms with Crippen molar-refractivity contribution in [3.8, 4) is 11.3 Å². The predicted molar refractivity (Wildman–Crippen MR) is 88.6 cm³/mol. The van der Waals surface area contributed by atoms with E-state index in [1.807, 2.05) is 0 Å². The van der Waals surface area contributed by atoms with Gasteiger partial charge in [-0.1, -0.05) is 18.2 Å². The van der Waals surface area contributed by atoms with Crippen molar-refractivity contribution in [2.75, 3.05) is 4.72 Å². The third-order valence-electron chi connectivity index (χ3n) is 3.50. The van der Waals surface area contributed by atoms with E-state index < -0.39 is 15.8 Å². The van der Waals surface area contributed by atoms with Crippen molar-refractivity contribution in [2.24, 2.45) is 0 Å². The van der Waals surface area contributed by atoms with Gasteiger partial charge in [0.05, 0.1) is 10.6 Å². The molecular formula is C17H15FN2O3S. The third-order valence-corrected chi connectivity index (χ3v) is 4.90. The van der Waals surface area contributed by atoms with Gasteiger partial charge in [0.1, 0.15) is 17.8 Å². The summed E-state index contributed by atoms with van der Waals surface area (Å²) < 4.78 is 45.8. The molecule has 0 amide bonds. The van der Waals surface area contributed by atoms with E-state index in [9.17, 15) is 12.8 Å². The molecule has 0 unspecified atom stereocenters. The fraction of sp³-hybridized carbons (Fsp3) is 0.118. The summed E-state index contributed by atoms with van der Waals surface area (Å²) in [6, 6.07) is 10.4. The Morgan fingerprint density at radius 3 is 2.38 bits per heavy atom. The Morgan fingerprint density at radius 2 is 1.79 bits per heavy atom. The lowest BCUT2D eigenvalue weighted by molar-refractivity contribution is 0.521. The van der Waals surface area contributed by atoms with Gasteiger partial charge in [-0.2, -0.15) is 0 Å². The summed E-state index contributed by atoms with van der Waals surface area (Å²) in [5, 5.41) is 0. The van der Waals surface area contributed by atoms with Crippen molar-refractivity contribution < 1.29 is 17.2 Å². The minimum absolute atomic E-state index is 0.0763. The fourth-order valence-corrected chi connectivity index (χ4v) is 3.22. The van der Waals surface area contributed by atoms with Crippen LogP contribution in [0.3, 0.4) is 0 Å². The minimum Gasteiger partial charge on any atom is -0.449 e. The lowest BCUT2D eigenvalue weighted by atomic mass is 10.2. The van der Waals surface area contributed by atoms with E-state index in [1.165, 1.54) is 30.5 Å². The van der Waals surface area contributed by atoms with Crippen LogP contribution in [-0.2, 0) is 10.0 Å². The van der Waals surface area contributed by atoms with Crippen LogP contribution in [0.25, 0.3) is 11.3 Å². The first-order chi connectivity index (χ1) is 11.3. The molecule has 0 bridgehead atoms. The Labute approximate surface area is 139 Å². The molecule has 0 saturated heterocycles. The lowest BCUT2D eigenvalue weighted by Gasteiger charge is -2.09. The second-order valence-electron chi connectivity index (χ2n) is 5.35. The molecule has 1 aromatic heterocycles. The summed E-state index contributed by atoms with van der Waals surface area (Å²) in [4.78, 5) is 4.26. The number of benzene rings is 2. The minimum atomic E-state index is -3.80. The number of hydrogen-bond donors (Lipinski definition) is 1. The molecule has 1 N–H and O–H groups in total. The highest BCUT2D eigenvalue weighted by molar-refractivity contribution is 7.92. The molecule has 0 saturated carbocycles. The first-order valence-electron chi connectivity index (χ1n) is 7.17. The summed E-state index contributed by atoms with van der Waals surface area (Å²) in [6.07, 6.45) is 1.51. The third kappa shape index (κ3) is 3.30. The Bertz CT molecular complexity index is 979. The molecule has 0 aliphatic carbocycles. The van der Waals surface area contributed by atoms with Crippen molar-refractivity contribution in [1.82, 2.24) is 4.98 Å².